The van der Waals surface area contributed by atoms with E-state index in [4.69, 9.17) is 0 Å². The lowest BCUT2D eigenvalue weighted by molar-refractivity contribution is 1.33. The van der Waals surface area contributed by atoms with E-state index in [1.54, 1.807) is 0 Å². The topological polar surface area (TPSA) is 12.9 Å². The zero-order valence-corrected chi connectivity index (χ0v) is 21.9. The molecule has 1 nitrogen and oxygen atoms in total. The first-order valence-electron chi connectivity index (χ1n) is 13.7. The predicted molar refractivity (Wildman–Crippen MR) is 171 cm³/mol. The number of benzene rings is 7. The minimum atomic E-state index is 1.13. The Bertz CT molecular complexity index is 2190. The van der Waals surface area contributed by atoms with Crippen molar-refractivity contribution in [2.24, 2.45) is 0 Å². The summed E-state index contributed by atoms with van der Waals surface area (Å²) in [5.41, 5.74) is 7.28. The first kappa shape index (κ1) is 22.7. The highest BCUT2D eigenvalue weighted by Gasteiger charge is 2.15. The fourth-order valence-electron chi connectivity index (χ4n) is 6.17. The maximum atomic E-state index is 4.31. The Morgan fingerprint density at radius 2 is 0.925 bits per heavy atom. The van der Waals surface area contributed by atoms with Gasteiger partial charge in [0, 0.05) is 12.4 Å². The van der Waals surface area contributed by atoms with Gasteiger partial charge in [-0.1, -0.05) is 115 Å². The van der Waals surface area contributed by atoms with Crippen LogP contribution in [0.2, 0.25) is 0 Å². The Labute approximate surface area is 233 Å². The Morgan fingerprint density at radius 3 is 1.70 bits per heavy atom. The van der Waals surface area contributed by atoms with Crippen LogP contribution in [0.25, 0.3) is 76.5 Å². The van der Waals surface area contributed by atoms with Crippen molar-refractivity contribution in [3.05, 3.63) is 152 Å². The van der Waals surface area contributed by atoms with Crippen LogP contribution in [0.1, 0.15) is 0 Å². The number of fused-ring (bicyclic) bond motifs is 5. The van der Waals surface area contributed by atoms with Gasteiger partial charge >= 0.3 is 0 Å². The number of rotatable bonds is 3. The molecule has 1 heteroatoms. The van der Waals surface area contributed by atoms with Gasteiger partial charge in [-0.3, -0.25) is 4.98 Å². The molecule has 0 radical (unpaired) electrons. The molecule has 7 aromatic carbocycles. The maximum absolute atomic E-state index is 4.31. The lowest BCUT2D eigenvalue weighted by Crippen LogP contribution is -1.89. The van der Waals surface area contributed by atoms with E-state index < -0.39 is 0 Å². The molecular weight excluding hydrogens is 482 g/mol. The number of hydrogen-bond donors (Lipinski definition) is 0. The Kier molecular flexibility index (Phi) is 5.21. The lowest BCUT2D eigenvalue weighted by Gasteiger charge is -2.16. The molecule has 0 aliphatic carbocycles. The molecule has 0 amide bonds. The standard InChI is InChI=1S/C39H25N/c1-2-10-30-23-38-36(28-19-17-26(18-20-28)31-12-7-21-40-25-31)24-39-34(15-6-16-35(39)37(38)22-29(30)9-1)33-14-5-11-27-8-3-4-13-32(27)33/h1-25H. The van der Waals surface area contributed by atoms with E-state index in [0.29, 0.717) is 0 Å². The third-order valence-corrected chi connectivity index (χ3v) is 8.13. The first-order valence-corrected chi connectivity index (χ1v) is 13.7. The van der Waals surface area contributed by atoms with Crippen LogP contribution in [-0.2, 0) is 0 Å². The smallest absolute Gasteiger partial charge is 0.0346 e. The summed E-state index contributed by atoms with van der Waals surface area (Å²) in [7, 11) is 0. The largest absolute Gasteiger partial charge is 0.264 e. The van der Waals surface area contributed by atoms with E-state index >= 15 is 0 Å². The second-order valence-electron chi connectivity index (χ2n) is 10.4. The first-order chi connectivity index (χ1) is 19.8. The lowest BCUT2D eigenvalue weighted by atomic mass is 9.87. The van der Waals surface area contributed by atoms with Gasteiger partial charge in [0.15, 0.2) is 0 Å². The fraction of sp³-hybridized carbons (Fsp3) is 0. The third-order valence-electron chi connectivity index (χ3n) is 8.13. The molecule has 8 rings (SSSR count). The maximum Gasteiger partial charge on any atom is 0.0346 e. The van der Waals surface area contributed by atoms with E-state index in [1.807, 2.05) is 18.5 Å². The molecule has 0 aliphatic rings. The summed E-state index contributed by atoms with van der Waals surface area (Å²) in [5.74, 6) is 0. The summed E-state index contributed by atoms with van der Waals surface area (Å²) in [6.45, 7) is 0. The van der Waals surface area contributed by atoms with E-state index in [1.165, 1.54) is 70.9 Å². The van der Waals surface area contributed by atoms with Crippen molar-refractivity contribution < 1.29 is 0 Å². The van der Waals surface area contributed by atoms with Gasteiger partial charge in [-0.25, -0.2) is 0 Å². The summed E-state index contributed by atoms with van der Waals surface area (Å²) in [5, 5.41) is 10.2. The molecule has 0 atom stereocenters. The summed E-state index contributed by atoms with van der Waals surface area (Å²) >= 11 is 0. The number of hydrogen-bond acceptors (Lipinski definition) is 1. The molecule has 186 valence electrons. The van der Waals surface area contributed by atoms with E-state index in [2.05, 4.69) is 138 Å². The predicted octanol–water partition coefficient (Wildman–Crippen LogP) is 10.7. The van der Waals surface area contributed by atoms with Crippen molar-refractivity contribution in [1.29, 1.82) is 0 Å². The molecule has 1 heterocycles. The van der Waals surface area contributed by atoms with Crippen molar-refractivity contribution in [2.75, 3.05) is 0 Å². The van der Waals surface area contributed by atoms with Crippen molar-refractivity contribution in [1.82, 2.24) is 4.98 Å². The van der Waals surface area contributed by atoms with Crippen LogP contribution in [0.5, 0.6) is 0 Å². The average Bonchev–Trinajstić information content (AvgIpc) is 3.03. The Balaban J connectivity index is 1.44. The Hall–Kier alpha value is -5.27. The van der Waals surface area contributed by atoms with Gasteiger partial charge in [0.05, 0.1) is 0 Å². The zero-order valence-electron chi connectivity index (χ0n) is 21.9. The van der Waals surface area contributed by atoms with Gasteiger partial charge in [-0.05, 0) is 101 Å². The molecule has 0 spiro atoms. The second-order valence-corrected chi connectivity index (χ2v) is 10.4. The minimum Gasteiger partial charge on any atom is -0.264 e. The summed E-state index contributed by atoms with van der Waals surface area (Å²) in [6.07, 6.45) is 3.74. The van der Waals surface area contributed by atoms with Crippen molar-refractivity contribution >= 4 is 43.1 Å². The van der Waals surface area contributed by atoms with Crippen LogP contribution < -0.4 is 0 Å². The van der Waals surface area contributed by atoms with Crippen LogP contribution in [0.4, 0.5) is 0 Å². The number of aromatic nitrogens is 1. The normalized spacial score (nSPS) is 11.5. The summed E-state index contributed by atoms with van der Waals surface area (Å²) in [6, 6.07) is 50.8. The monoisotopic (exact) mass is 507 g/mol. The zero-order chi connectivity index (χ0) is 26.5. The Morgan fingerprint density at radius 1 is 0.325 bits per heavy atom. The van der Waals surface area contributed by atoms with Crippen molar-refractivity contribution in [3.8, 4) is 33.4 Å². The van der Waals surface area contributed by atoms with Crippen molar-refractivity contribution in [3.63, 3.8) is 0 Å². The molecule has 0 aliphatic heterocycles. The third kappa shape index (κ3) is 3.67. The van der Waals surface area contributed by atoms with Gasteiger partial charge in [-0.2, -0.15) is 0 Å². The molecule has 0 fully saturated rings. The molecule has 8 aromatic rings. The molecule has 0 saturated carbocycles. The molecule has 1 aromatic heterocycles. The average molecular weight is 508 g/mol. The highest BCUT2D eigenvalue weighted by molar-refractivity contribution is 6.21. The number of pyridine rings is 1. The quantitative estimate of drug-likeness (QED) is 0.171. The van der Waals surface area contributed by atoms with E-state index in [-0.39, 0.29) is 0 Å². The van der Waals surface area contributed by atoms with Crippen LogP contribution in [0.3, 0.4) is 0 Å². The molecule has 40 heavy (non-hydrogen) atoms. The van der Waals surface area contributed by atoms with Crippen LogP contribution in [0.15, 0.2) is 152 Å². The van der Waals surface area contributed by atoms with Gasteiger partial charge in [0.25, 0.3) is 0 Å². The molecular formula is C39H25N. The van der Waals surface area contributed by atoms with Gasteiger partial charge in [0.1, 0.15) is 0 Å². The summed E-state index contributed by atoms with van der Waals surface area (Å²) < 4.78 is 0. The van der Waals surface area contributed by atoms with Crippen LogP contribution in [-0.4, -0.2) is 4.98 Å². The van der Waals surface area contributed by atoms with Crippen LogP contribution >= 0.6 is 0 Å². The molecule has 0 bridgehead atoms. The number of nitrogens with zero attached hydrogens (tertiary/aromatic N) is 1. The van der Waals surface area contributed by atoms with Crippen LogP contribution in [0, 0.1) is 0 Å². The van der Waals surface area contributed by atoms with Crippen molar-refractivity contribution in [2.45, 2.75) is 0 Å². The molecule has 0 N–H and O–H groups in total. The van der Waals surface area contributed by atoms with Gasteiger partial charge < -0.3 is 0 Å². The van der Waals surface area contributed by atoms with Gasteiger partial charge in [-0.15, -0.1) is 0 Å². The fourth-order valence-corrected chi connectivity index (χ4v) is 6.17. The highest BCUT2D eigenvalue weighted by Crippen LogP contribution is 2.42. The highest BCUT2D eigenvalue weighted by atomic mass is 14.6. The minimum absolute atomic E-state index is 1.13. The molecule has 0 saturated heterocycles. The molecule has 0 unspecified atom stereocenters. The van der Waals surface area contributed by atoms with E-state index in [0.717, 1.165) is 5.56 Å². The van der Waals surface area contributed by atoms with E-state index in [9.17, 15) is 0 Å². The SMILES string of the molecule is c1cncc(-c2ccc(-c3cc4c(-c5cccc6ccccc56)cccc4c4cc5ccccc5cc34)cc2)c1. The second kappa shape index (κ2) is 9.18. The van der Waals surface area contributed by atoms with Gasteiger partial charge in [0.2, 0.25) is 0 Å². The summed E-state index contributed by atoms with van der Waals surface area (Å²) in [4.78, 5) is 4.31.